The van der Waals surface area contributed by atoms with E-state index in [1.165, 1.54) is 11.1 Å². The third kappa shape index (κ3) is 1.65. The molecular weight excluding hydrogens is 174 g/mol. The molecule has 1 aromatic rings. The minimum Gasteiger partial charge on any atom is -0.345 e. The summed E-state index contributed by atoms with van der Waals surface area (Å²) >= 11 is 0. The van der Waals surface area contributed by atoms with Gasteiger partial charge in [-0.05, 0) is 12.5 Å². The fourth-order valence-corrected chi connectivity index (χ4v) is 1.93. The number of rotatable bonds is 1. The summed E-state index contributed by atoms with van der Waals surface area (Å²) in [7, 11) is 1.87. The van der Waals surface area contributed by atoms with Crippen molar-refractivity contribution in [1.29, 1.82) is 0 Å². The van der Waals surface area contributed by atoms with E-state index in [0.717, 1.165) is 6.54 Å². The zero-order valence-corrected chi connectivity index (χ0v) is 8.66. The lowest BCUT2D eigenvalue weighted by Crippen LogP contribution is -2.18. The van der Waals surface area contributed by atoms with Crippen LogP contribution >= 0.6 is 0 Å². The first-order chi connectivity index (χ1) is 6.66. The van der Waals surface area contributed by atoms with Gasteiger partial charge in [0.15, 0.2) is 0 Å². The van der Waals surface area contributed by atoms with Crippen molar-refractivity contribution in [2.24, 2.45) is 0 Å². The number of aryl methyl sites for hydroxylation is 1. The lowest BCUT2D eigenvalue weighted by atomic mass is 9.97. The van der Waals surface area contributed by atoms with Gasteiger partial charge in [-0.3, -0.25) is 4.79 Å². The molecule has 1 aromatic carbocycles. The topological polar surface area (TPSA) is 20.3 Å². The standard InChI is InChI=1S/C12H15NO/c1-9-3-5-10(6-4-9)11-7-12(14)13(2)8-11/h3-6,11H,7-8H2,1-2H3/t11-/m1/s1. The Morgan fingerprint density at radius 1 is 1.29 bits per heavy atom. The Bertz CT molecular complexity index is 342. The smallest absolute Gasteiger partial charge is 0.223 e. The van der Waals surface area contributed by atoms with Crippen molar-refractivity contribution in [2.45, 2.75) is 19.3 Å². The summed E-state index contributed by atoms with van der Waals surface area (Å²) in [4.78, 5) is 13.2. The fourth-order valence-electron chi connectivity index (χ4n) is 1.93. The highest BCUT2D eigenvalue weighted by molar-refractivity contribution is 5.79. The Morgan fingerprint density at radius 2 is 1.93 bits per heavy atom. The number of carbonyl (C=O) groups excluding carboxylic acids is 1. The van der Waals surface area contributed by atoms with Gasteiger partial charge in [-0.1, -0.05) is 29.8 Å². The van der Waals surface area contributed by atoms with Crippen LogP contribution in [0.1, 0.15) is 23.5 Å². The zero-order valence-electron chi connectivity index (χ0n) is 8.66. The molecule has 74 valence electrons. The predicted octanol–water partition coefficient (Wildman–Crippen LogP) is 1.94. The van der Waals surface area contributed by atoms with E-state index in [-0.39, 0.29) is 5.91 Å². The number of nitrogens with zero attached hydrogens (tertiary/aromatic N) is 1. The molecule has 1 aliphatic rings. The summed E-state index contributed by atoms with van der Waals surface area (Å²) in [5.74, 6) is 0.656. The molecule has 1 aliphatic heterocycles. The minimum absolute atomic E-state index is 0.260. The molecule has 0 radical (unpaired) electrons. The van der Waals surface area contributed by atoms with Crippen molar-refractivity contribution < 1.29 is 4.79 Å². The Hall–Kier alpha value is -1.31. The van der Waals surface area contributed by atoms with E-state index in [0.29, 0.717) is 12.3 Å². The highest BCUT2D eigenvalue weighted by Crippen LogP contribution is 2.26. The van der Waals surface area contributed by atoms with Crippen LogP contribution in [-0.2, 0) is 4.79 Å². The number of amides is 1. The Morgan fingerprint density at radius 3 is 2.43 bits per heavy atom. The molecule has 2 rings (SSSR count). The van der Waals surface area contributed by atoms with Gasteiger partial charge in [0.2, 0.25) is 5.91 Å². The molecule has 14 heavy (non-hydrogen) atoms. The van der Waals surface area contributed by atoms with Gasteiger partial charge in [0, 0.05) is 25.9 Å². The lowest BCUT2D eigenvalue weighted by Gasteiger charge is -2.10. The van der Waals surface area contributed by atoms with Crippen LogP contribution < -0.4 is 0 Å². The van der Waals surface area contributed by atoms with Gasteiger partial charge in [0.25, 0.3) is 0 Å². The Labute approximate surface area is 84.5 Å². The maximum atomic E-state index is 11.4. The molecule has 1 heterocycles. The quantitative estimate of drug-likeness (QED) is 0.661. The first kappa shape index (κ1) is 9.25. The van der Waals surface area contributed by atoms with E-state index in [9.17, 15) is 4.79 Å². The number of hydrogen-bond acceptors (Lipinski definition) is 1. The van der Waals surface area contributed by atoms with Gasteiger partial charge in [0.05, 0.1) is 0 Å². The molecule has 1 amide bonds. The molecule has 1 fully saturated rings. The monoisotopic (exact) mass is 189 g/mol. The van der Waals surface area contributed by atoms with Crippen LogP contribution in [-0.4, -0.2) is 24.4 Å². The molecule has 0 N–H and O–H groups in total. The van der Waals surface area contributed by atoms with Crippen LogP contribution in [0.15, 0.2) is 24.3 Å². The number of benzene rings is 1. The van der Waals surface area contributed by atoms with Gasteiger partial charge in [-0.25, -0.2) is 0 Å². The van der Waals surface area contributed by atoms with Crippen molar-refractivity contribution in [3.05, 3.63) is 35.4 Å². The lowest BCUT2D eigenvalue weighted by molar-refractivity contribution is -0.126. The summed E-state index contributed by atoms with van der Waals surface area (Å²) in [5.41, 5.74) is 2.56. The molecule has 0 saturated carbocycles. The number of likely N-dealkylation sites (tertiary alicyclic amines) is 1. The van der Waals surface area contributed by atoms with Crippen LogP contribution in [0.25, 0.3) is 0 Å². The predicted molar refractivity (Wildman–Crippen MR) is 56.2 cm³/mol. The third-order valence-corrected chi connectivity index (χ3v) is 2.89. The normalized spacial score (nSPS) is 21.7. The Kier molecular flexibility index (Phi) is 2.28. The number of hydrogen-bond donors (Lipinski definition) is 0. The summed E-state index contributed by atoms with van der Waals surface area (Å²) in [5, 5.41) is 0. The fraction of sp³-hybridized carbons (Fsp3) is 0.417. The summed E-state index contributed by atoms with van der Waals surface area (Å²) in [6, 6.07) is 8.48. The largest absolute Gasteiger partial charge is 0.345 e. The van der Waals surface area contributed by atoms with Crippen molar-refractivity contribution >= 4 is 5.91 Å². The molecule has 0 spiro atoms. The molecule has 2 heteroatoms. The minimum atomic E-state index is 0.260. The van der Waals surface area contributed by atoms with Crippen molar-refractivity contribution in [3.63, 3.8) is 0 Å². The molecule has 1 atom stereocenters. The molecule has 1 saturated heterocycles. The van der Waals surface area contributed by atoms with E-state index in [2.05, 4.69) is 31.2 Å². The van der Waals surface area contributed by atoms with Crippen LogP contribution in [0.2, 0.25) is 0 Å². The zero-order chi connectivity index (χ0) is 10.1. The van der Waals surface area contributed by atoms with Crippen LogP contribution in [0.5, 0.6) is 0 Å². The van der Waals surface area contributed by atoms with Crippen LogP contribution in [0.4, 0.5) is 0 Å². The van der Waals surface area contributed by atoms with Gasteiger partial charge in [-0.15, -0.1) is 0 Å². The van der Waals surface area contributed by atoms with Crippen LogP contribution in [0, 0.1) is 6.92 Å². The second kappa shape index (κ2) is 3.45. The average Bonchev–Trinajstić information content (AvgIpc) is 2.48. The van der Waals surface area contributed by atoms with Crippen molar-refractivity contribution in [1.82, 2.24) is 4.90 Å². The van der Waals surface area contributed by atoms with Gasteiger partial charge in [-0.2, -0.15) is 0 Å². The second-order valence-corrected chi connectivity index (χ2v) is 4.09. The maximum absolute atomic E-state index is 11.4. The SMILES string of the molecule is Cc1ccc([C@@H]2CC(=O)N(C)C2)cc1. The van der Waals surface area contributed by atoms with Gasteiger partial charge >= 0.3 is 0 Å². The highest BCUT2D eigenvalue weighted by Gasteiger charge is 2.27. The van der Waals surface area contributed by atoms with E-state index >= 15 is 0 Å². The molecule has 0 aliphatic carbocycles. The molecule has 0 aromatic heterocycles. The summed E-state index contributed by atoms with van der Waals surface area (Å²) in [6.45, 7) is 2.94. The summed E-state index contributed by atoms with van der Waals surface area (Å²) < 4.78 is 0. The van der Waals surface area contributed by atoms with E-state index < -0.39 is 0 Å². The van der Waals surface area contributed by atoms with E-state index in [1.807, 2.05) is 11.9 Å². The first-order valence-corrected chi connectivity index (χ1v) is 4.97. The maximum Gasteiger partial charge on any atom is 0.223 e. The first-order valence-electron chi connectivity index (χ1n) is 4.97. The van der Waals surface area contributed by atoms with Crippen molar-refractivity contribution in [2.75, 3.05) is 13.6 Å². The van der Waals surface area contributed by atoms with Gasteiger partial charge < -0.3 is 4.90 Å². The number of carbonyl (C=O) groups is 1. The molecular formula is C12H15NO. The highest BCUT2D eigenvalue weighted by atomic mass is 16.2. The van der Waals surface area contributed by atoms with Gasteiger partial charge in [0.1, 0.15) is 0 Å². The van der Waals surface area contributed by atoms with Crippen LogP contribution in [0.3, 0.4) is 0 Å². The Balaban J connectivity index is 2.17. The molecule has 2 nitrogen and oxygen atoms in total. The van der Waals surface area contributed by atoms with E-state index in [1.54, 1.807) is 0 Å². The van der Waals surface area contributed by atoms with E-state index in [4.69, 9.17) is 0 Å². The summed E-state index contributed by atoms with van der Waals surface area (Å²) in [6.07, 6.45) is 0.666. The molecule has 0 bridgehead atoms. The third-order valence-electron chi connectivity index (χ3n) is 2.89. The second-order valence-electron chi connectivity index (χ2n) is 4.09. The average molecular weight is 189 g/mol. The molecule has 0 unspecified atom stereocenters. The van der Waals surface area contributed by atoms with Crippen molar-refractivity contribution in [3.8, 4) is 0 Å². The number of likely N-dealkylation sites (N-methyl/N-ethyl adjacent to an activating group) is 1.